The average Bonchev–Trinajstić information content (AvgIpc) is 3.10. The lowest BCUT2D eigenvalue weighted by Gasteiger charge is -2.45. The number of fused-ring (bicyclic) bond motifs is 4. The highest BCUT2D eigenvalue weighted by Gasteiger charge is 2.48. The van der Waals surface area contributed by atoms with Gasteiger partial charge in [0, 0.05) is 49.6 Å². The molecule has 1 aliphatic carbocycles. The Morgan fingerprint density at radius 2 is 1.59 bits per heavy atom. The second-order valence-corrected chi connectivity index (χ2v) is 18.3. The number of carbonyl (C=O) groups excluding carboxylic acids is 1. The quantitative estimate of drug-likeness (QED) is 0.145. The maximum absolute atomic E-state index is 13.5. The summed E-state index contributed by atoms with van der Waals surface area (Å²) in [4.78, 5) is 28.8. The normalized spacial score (nSPS) is 18.9. The van der Waals surface area contributed by atoms with Gasteiger partial charge in [0.05, 0.1) is 51.6 Å². The summed E-state index contributed by atoms with van der Waals surface area (Å²) >= 11 is 0. The second-order valence-electron chi connectivity index (χ2n) is 14.1. The lowest BCUT2D eigenvalue weighted by molar-refractivity contribution is -0.582. The number of amides is 1. The summed E-state index contributed by atoms with van der Waals surface area (Å²) in [5.74, 6) is -1.26. The number of nitrogens with zero attached hydrogens (tertiary/aromatic N) is 2. The van der Waals surface area contributed by atoms with E-state index in [1.54, 1.807) is 18.2 Å². The molecule has 0 saturated carbocycles. The van der Waals surface area contributed by atoms with Gasteiger partial charge >= 0.3 is 5.97 Å². The predicted molar refractivity (Wildman–Crippen MR) is 202 cm³/mol. The number of carboxylic acid groups (broad SMARTS) is 1. The van der Waals surface area contributed by atoms with E-state index in [0.717, 1.165) is 42.9 Å². The Morgan fingerprint density at radius 3 is 2.25 bits per heavy atom. The first-order valence-electron chi connectivity index (χ1n) is 18.8. The number of allylic oxidation sites excluding steroid dienone is 5. The highest BCUT2D eigenvalue weighted by Crippen LogP contribution is 2.48. The molecule has 3 saturated heterocycles. The van der Waals surface area contributed by atoms with Crippen molar-refractivity contribution in [1.29, 1.82) is 0 Å². The molecule has 51 heavy (non-hydrogen) atoms. The summed E-state index contributed by atoms with van der Waals surface area (Å²) in [5.41, 5.74) is 12.4. The number of carbonyl (C=O) groups is 2. The first-order chi connectivity index (χ1) is 25.0. The molecule has 4 aliphatic heterocycles. The van der Waals surface area contributed by atoms with Gasteiger partial charge in [-0.3, -0.25) is 4.79 Å². The second kappa shape index (κ2) is 16.2. The molecule has 11 heteroatoms. The highest BCUT2D eigenvalue weighted by molar-refractivity contribution is 7.00. The Labute approximate surface area is 301 Å². The van der Waals surface area contributed by atoms with Crippen LogP contribution >= 0.6 is 0 Å². The van der Waals surface area contributed by atoms with Crippen molar-refractivity contribution in [1.82, 2.24) is 5.32 Å². The van der Waals surface area contributed by atoms with Gasteiger partial charge in [-0.05, 0) is 87.6 Å². The average molecular weight is 712 g/mol. The molecule has 3 fully saturated rings. The predicted octanol–water partition coefficient (Wildman–Crippen LogP) is 3.88. The van der Waals surface area contributed by atoms with Crippen LogP contribution in [0.5, 0.6) is 0 Å². The van der Waals surface area contributed by atoms with E-state index in [2.05, 4.69) is 51.2 Å². The molecule has 10 nitrogen and oxygen atoms in total. The molecule has 4 N–H and O–H groups in total. The lowest BCUT2D eigenvalue weighted by Crippen LogP contribution is -2.56. The number of nitrogens with two attached hydrogens (primary N) is 1. The molecule has 0 bridgehead atoms. The van der Waals surface area contributed by atoms with E-state index < -0.39 is 14.0 Å². The summed E-state index contributed by atoms with van der Waals surface area (Å²) in [5, 5.41) is 16.4. The Bertz CT molecular complexity index is 1770. The van der Waals surface area contributed by atoms with Crippen LogP contribution in [0.15, 0.2) is 65.4 Å². The molecule has 0 unspecified atom stereocenters. The number of carboxylic acids is 1. The van der Waals surface area contributed by atoms with Crippen LogP contribution in [0.2, 0.25) is 12.1 Å². The zero-order valence-corrected chi connectivity index (χ0v) is 30.6. The minimum Gasteiger partial charge on any atom is -0.478 e. The number of benzene rings is 2. The van der Waals surface area contributed by atoms with Gasteiger partial charge in [-0.15, -0.1) is 0 Å². The van der Waals surface area contributed by atoms with E-state index in [1.807, 2.05) is 0 Å². The number of aromatic carboxylic acids is 1. The summed E-state index contributed by atoms with van der Waals surface area (Å²) in [7, 11) is -2.17. The fraction of sp³-hybridized carbons (Fsp3) is 0.475. The van der Waals surface area contributed by atoms with E-state index >= 15 is 0 Å². The Morgan fingerprint density at radius 1 is 0.843 bits per heavy atom. The van der Waals surface area contributed by atoms with Crippen molar-refractivity contribution in [2.75, 3.05) is 83.8 Å². The van der Waals surface area contributed by atoms with E-state index in [1.165, 1.54) is 66.0 Å². The molecule has 1 spiro atoms. The van der Waals surface area contributed by atoms with Crippen LogP contribution in [0, 0.1) is 0 Å². The third-order valence-corrected chi connectivity index (χ3v) is 16.3. The van der Waals surface area contributed by atoms with Gasteiger partial charge in [0.25, 0.3) is 5.91 Å². The number of hydrogen-bond acceptors (Lipinski definition) is 7. The molecule has 2 aromatic rings. The van der Waals surface area contributed by atoms with Crippen molar-refractivity contribution < 1.29 is 33.5 Å². The van der Waals surface area contributed by atoms with Crippen LogP contribution in [-0.2, 0) is 14.2 Å². The van der Waals surface area contributed by atoms with Gasteiger partial charge in [-0.25, -0.2) is 9.37 Å². The van der Waals surface area contributed by atoms with Gasteiger partial charge in [0.15, 0.2) is 5.71 Å². The molecule has 5 aliphatic rings. The third-order valence-electron chi connectivity index (χ3n) is 11.0. The van der Waals surface area contributed by atoms with Crippen molar-refractivity contribution in [3.05, 3.63) is 87.6 Å². The third kappa shape index (κ3) is 7.41. The van der Waals surface area contributed by atoms with Gasteiger partial charge in [-0.1, -0.05) is 25.3 Å². The monoisotopic (exact) mass is 711 g/mol. The smallest absolute Gasteiger partial charge is 0.336 e. The van der Waals surface area contributed by atoms with Crippen molar-refractivity contribution in [3.63, 3.8) is 0 Å². The minimum absolute atomic E-state index is 0.204. The molecule has 7 rings (SSSR count). The zero-order valence-electron chi connectivity index (χ0n) is 29.6. The summed E-state index contributed by atoms with van der Waals surface area (Å²) in [6.45, 7) is 7.77. The van der Waals surface area contributed by atoms with Crippen LogP contribution in [0.1, 0.15) is 63.9 Å². The lowest BCUT2D eigenvalue weighted by atomic mass is 9.86. The van der Waals surface area contributed by atoms with Crippen LogP contribution in [0.4, 0.5) is 5.69 Å². The molecule has 0 radical (unpaired) electrons. The van der Waals surface area contributed by atoms with Crippen molar-refractivity contribution in [2.45, 2.75) is 44.2 Å². The Balaban J connectivity index is 1.20. The largest absolute Gasteiger partial charge is 0.478 e. The Hall–Kier alpha value is -3.87. The molecule has 0 atom stereocenters. The number of rotatable bonds is 15. The van der Waals surface area contributed by atoms with E-state index in [0.29, 0.717) is 63.9 Å². The summed E-state index contributed by atoms with van der Waals surface area (Å²) < 4.78 is 18.9. The maximum Gasteiger partial charge on any atom is 0.336 e. The number of ether oxygens (including phenoxy) is 3. The molecule has 0 aromatic heterocycles. The molecule has 270 valence electrons. The first-order valence-corrected chi connectivity index (χ1v) is 21.2. The number of nitrogens with one attached hydrogen (secondary N) is 1. The summed E-state index contributed by atoms with van der Waals surface area (Å²) in [6, 6.07) is 14.3. The van der Waals surface area contributed by atoms with E-state index in [9.17, 15) is 14.7 Å². The molecule has 4 heterocycles. The highest BCUT2D eigenvalue weighted by atomic mass is 28.3. The standard InChI is InChI=1S/C40H50N4O6Si/c41-12-18-48-20-22-50-23-21-49-19-13-42-39(45)29-6-9-32(40(46)47)35(26-29)38-33-10-7-30(43-14-4-15-43)27-36(33)51(24-2-1-3-25-51)37-28-31(8-11-34(37)38)44-16-5-17-44/h6-11,26-28H,1-5,12-25,41H2,(H-,42,45,46,47)/p+1. The summed E-state index contributed by atoms with van der Waals surface area (Å²) in [6.07, 6.45) is 13.1. The fourth-order valence-corrected chi connectivity index (χ4v) is 13.8. The van der Waals surface area contributed by atoms with E-state index in [4.69, 9.17) is 19.9 Å². The Kier molecular flexibility index (Phi) is 11.3. The maximum atomic E-state index is 13.5. The number of anilines is 1. The fourth-order valence-electron chi connectivity index (χ4n) is 8.15. The molecule has 2 aromatic carbocycles. The number of hydrogen-bond donors (Lipinski definition) is 3. The zero-order chi connectivity index (χ0) is 35.2. The minimum atomic E-state index is -2.17. The molecule has 1 amide bonds. The van der Waals surface area contributed by atoms with Crippen LogP contribution in [-0.4, -0.2) is 114 Å². The van der Waals surface area contributed by atoms with Gasteiger partial charge in [0.1, 0.15) is 21.2 Å². The van der Waals surface area contributed by atoms with Gasteiger partial charge in [0.2, 0.25) is 0 Å². The van der Waals surface area contributed by atoms with Crippen molar-refractivity contribution in [2.24, 2.45) is 5.73 Å². The molecular weight excluding hydrogens is 661 g/mol. The van der Waals surface area contributed by atoms with E-state index in [-0.39, 0.29) is 11.5 Å². The van der Waals surface area contributed by atoms with Crippen molar-refractivity contribution in [3.8, 4) is 0 Å². The first kappa shape index (κ1) is 35.5. The van der Waals surface area contributed by atoms with Crippen molar-refractivity contribution >= 4 is 42.1 Å². The van der Waals surface area contributed by atoms with Crippen LogP contribution < -0.4 is 21.1 Å². The SMILES string of the molecule is NCCOCCOCCOCCNC(=O)c1ccc(C(=O)O)c(C2=C3C=CC(=[N+]4CCC4)C=C3[Si]3(CCCCC3)c3cc(N4CCC4)ccc32)c1. The van der Waals surface area contributed by atoms with Gasteiger partial charge < -0.3 is 35.3 Å². The van der Waals surface area contributed by atoms with Crippen LogP contribution in [0.25, 0.3) is 5.57 Å². The molecular formula is C40H51N4O6Si+. The van der Waals surface area contributed by atoms with Gasteiger partial charge in [-0.2, -0.15) is 0 Å². The topological polar surface area (TPSA) is 126 Å². The van der Waals surface area contributed by atoms with Crippen LogP contribution in [0.3, 0.4) is 0 Å².